The maximum absolute atomic E-state index is 12.0. The Morgan fingerprint density at radius 2 is 1.38 bits per heavy atom. The lowest BCUT2D eigenvalue weighted by atomic mass is 9.84. The van der Waals surface area contributed by atoms with E-state index in [0.29, 0.717) is 4.90 Å². The molecule has 1 aliphatic heterocycles. The van der Waals surface area contributed by atoms with E-state index in [2.05, 4.69) is 22.3 Å². The van der Waals surface area contributed by atoms with Crippen LogP contribution in [0.4, 0.5) is 5.69 Å². The second-order valence-corrected chi connectivity index (χ2v) is 14.4. The Hall–Kier alpha value is -3.17. The van der Waals surface area contributed by atoms with E-state index in [4.69, 9.17) is 0 Å². The molecule has 0 aromatic heterocycles. The van der Waals surface area contributed by atoms with Gasteiger partial charge in [-0.15, -0.1) is 0 Å². The maximum Gasteiger partial charge on any atom is 0.217 e. The standard InChI is InChI=1S/C30H36N2O5S2/c1-22(33)31-25-19-20-32(26-11-16-29(17-12-26)39(3,36)37)27(21-25)13-18-30(23-7-5-4-6-8-23)24-9-14-28(15-10-24)38(2,34)35/h4-12,14-17,25,27,30H,13,18-21H2,1-3H3,(H,31,33)/t25?,27-,30?/m0/s1. The van der Waals surface area contributed by atoms with E-state index in [1.165, 1.54) is 19.4 Å². The smallest absolute Gasteiger partial charge is 0.217 e. The van der Waals surface area contributed by atoms with Crippen LogP contribution in [0.15, 0.2) is 88.7 Å². The maximum atomic E-state index is 12.0. The Bertz CT molecular complexity index is 1490. The minimum atomic E-state index is -3.28. The van der Waals surface area contributed by atoms with Gasteiger partial charge in [-0.3, -0.25) is 4.79 Å². The van der Waals surface area contributed by atoms with E-state index in [1.54, 1.807) is 24.3 Å². The monoisotopic (exact) mass is 568 g/mol. The molecule has 0 bridgehead atoms. The number of carbonyl (C=O) groups is 1. The number of nitrogens with zero attached hydrogens (tertiary/aromatic N) is 1. The van der Waals surface area contributed by atoms with Crippen molar-refractivity contribution in [3.63, 3.8) is 0 Å². The zero-order chi connectivity index (χ0) is 28.2. The lowest BCUT2D eigenvalue weighted by molar-refractivity contribution is -0.119. The summed E-state index contributed by atoms with van der Waals surface area (Å²) in [5.74, 6) is 0.0215. The second kappa shape index (κ2) is 11.9. The molecule has 0 aliphatic carbocycles. The Morgan fingerprint density at radius 3 is 1.92 bits per heavy atom. The highest BCUT2D eigenvalue weighted by Gasteiger charge is 2.30. The number of piperidine rings is 1. The molecule has 9 heteroatoms. The fraction of sp³-hybridized carbons (Fsp3) is 0.367. The summed E-state index contributed by atoms with van der Waals surface area (Å²) in [5, 5.41) is 3.08. The third-order valence-electron chi connectivity index (χ3n) is 7.42. The molecule has 1 N–H and O–H groups in total. The SMILES string of the molecule is CC(=O)NC1CCN(c2ccc(S(C)(=O)=O)cc2)[C@@H](CCC(c2ccccc2)c2ccc(S(C)(=O)=O)cc2)C1. The summed E-state index contributed by atoms with van der Waals surface area (Å²) in [6.45, 7) is 2.28. The lowest BCUT2D eigenvalue weighted by Gasteiger charge is -2.42. The third-order valence-corrected chi connectivity index (χ3v) is 9.68. The van der Waals surface area contributed by atoms with Crippen LogP contribution >= 0.6 is 0 Å². The molecule has 1 fully saturated rings. The largest absolute Gasteiger partial charge is 0.368 e. The van der Waals surface area contributed by atoms with Crippen molar-refractivity contribution in [1.82, 2.24) is 5.32 Å². The van der Waals surface area contributed by atoms with Crippen LogP contribution in [0.5, 0.6) is 0 Å². The fourth-order valence-electron chi connectivity index (χ4n) is 5.49. The van der Waals surface area contributed by atoms with E-state index < -0.39 is 19.7 Å². The van der Waals surface area contributed by atoms with Crippen molar-refractivity contribution in [2.24, 2.45) is 0 Å². The van der Waals surface area contributed by atoms with Gasteiger partial charge in [0, 0.05) is 49.7 Å². The number of sulfone groups is 2. The molecule has 1 saturated heterocycles. The van der Waals surface area contributed by atoms with Crippen molar-refractivity contribution in [2.45, 2.75) is 60.4 Å². The molecule has 4 rings (SSSR count). The van der Waals surface area contributed by atoms with Gasteiger partial charge >= 0.3 is 0 Å². The molecule has 39 heavy (non-hydrogen) atoms. The Labute approximate surface area is 232 Å². The van der Waals surface area contributed by atoms with Crippen LogP contribution in [0.2, 0.25) is 0 Å². The van der Waals surface area contributed by atoms with Crippen molar-refractivity contribution in [2.75, 3.05) is 24.0 Å². The van der Waals surface area contributed by atoms with Crippen LogP contribution in [0.25, 0.3) is 0 Å². The van der Waals surface area contributed by atoms with Crippen molar-refractivity contribution in [3.05, 3.63) is 90.0 Å². The highest BCUT2D eigenvalue weighted by atomic mass is 32.2. The molecule has 2 unspecified atom stereocenters. The number of anilines is 1. The zero-order valence-corrected chi connectivity index (χ0v) is 24.2. The highest BCUT2D eigenvalue weighted by molar-refractivity contribution is 7.91. The minimum absolute atomic E-state index is 0.0437. The zero-order valence-electron chi connectivity index (χ0n) is 22.6. The quantitative estimate of drug-likeness (QED) is 0.406. The number of amides is 1. The molecule has 7 nitrogen and oxygen atoms in total. The predicted molar refractivity (Wildman–Crippen MR) is 155 cm³/mol. The van der Waals surface area contributed by atoms with Gasteiger partial charge < -0.3 is 10.2 Å². The summed E-state index contributed by atoms with van der Waals surface area (Å²) in [6, 6.07) is 24.6. The van der Waals surface area contributed by atoms with Gasteiger partial charge in [-0.2, -0.15) is 0 Å². The summed E-state index contributed by atoms with van der Waals surface area (Å²) in [4.78, 5) is 14.7. The first-order valence-corrected chi connectivity index (χ1v) is 16.9. The van der Waals surface area contributed by atoms with Crippen molar-refractivity contribution in [1.29, 1.82) is 0 Å². The molecule has 208 valence electrons. The summed E-state index contributed by atoms with van der Waals surface area (Å²) < 4.78 is 47.9. The number of hydrogen-bond acceptors (Lipinski definition) is 6. The Kier molecular flexibility index (Phi) is 8.81. The molecule has 3 aromatic rings. The topological polar surface area (TPSA) is 101 Å². The summed E-state index contributed by atoms with van der Waals surface area (Å²) in [5.41, 5.74) is 3.16. The van der Waals surface area contributed by atoms with Crippen molar-refractivity contribution in [3.8, 4) is 0 Å². The van der Waals surface area contributed by atoms with Crippen LogP contribution in [-0.4, -0.2) is 53.9 Å². The van der Waals surface area contributed by atoms with E-state index in [9.17, 15) is 21.6 Å². The molecular formula is C30H36N2O5S2. The van der Waals surface area contributed by atoms with Crippen molar-refractivity contribution >= 4 is 31.3 Å². The lowest BCUT2D eigenvalue weighted by Crippen LogP contribution is -2.49. The number of nitrogens with one attached hydrogen (secondary N) is 1. The molecule has 1 amide bonds. The van der Waals surface area contributed by atoms with Crippen LogP contribution in [-0.2, 0) is 24.5 Å². The van der Waals surface area contributed by atoms with E-state index >= 15 is 0 Å². The third kappa shape index (κ3) is 7.48. The molecule has 3 aromatic carbocycles. The highest BCUT2D eigenvalue weighted by Crippen LogP contribution is 2.34. The summed E-state index contributed by atoms with van der Waals surface area (Å²) in [7, 11) is -6.57. The first-order chi connectivity index (χ1) is 18.4. The number of hydrogen-bond donors (Lipinski definition) is 1. The van der Waals surface area contributed by atoms with E-state index in [1.807, 2.05) is 42.5 Å². The molecule has 0 radical (unpaired) electrons. The molecule has 3 atom stereocenters. The number of carbonyl (C=O) groups excluding carboxylic acids is 1. The number of benzene rings is 3. The van der Waals surface area contributed by atoms with E-state index in [-0.39, 0.29) is 28.8 Å². The molecular weight excluding hydrogens is 532 g/mol. The molecule has 0 spiro atoms. The first-order valence-electron chi connectivity index (χ1n) is 13.1. The van der Waals surface area contributed by atoms with Gasteiger partial charge in [-0.25, -0.2) is 16.8 Å². The van der Waals surface area contributed by atoms with Gasteiger partial charge in [-0.1, -0.05) is 42.5 Å². The average Bonchev–Trinajstić information content (AvgIpc) is 2.89. The fourth-order valence-corrected chi connectivity index (χ4v) is 6.75. The molecule has 1 aliphatic rings. The van der Waals surface area contributed by atoms with Crippen LogP contribution in [0.1, 0.15) is 49.7 Å². The average molecular weight is 569 g/mol. The van der Waals surface area contributed by atoms with Gasteiger partial charge in [0.1, 0.15) is 0 Å². The van der Waals surface area contributed by atoms with Crippen LogP contribution in [0.3, 0.4) is 0 Å². The molecule has 0 saturated carbocycles. The number of rotatable bonds is 9. The normalized spacial score (nSPS) is 18.9. The van der Waals surface area contributed by atoms with Gasteiger partial charge in [0.05, 0.1) is 9.79 Å². The summed E-state index contributed by atoms with van der Waals surface area (Å²) >= 11 is 0. The minimum Gasteiger partial charge on any atom is -0.368 e. The van der Waals surface area contributed by atoms with E-state index in [0.717, 1.165) is 49.0 Å². The Morgan fingerprint density at radius 1 is 0.846 bits per heavy atom. The Balaban J connectivity index is 1.61. The van der Waals surface area contributed by atoms with Gasteiger partial charge in [0.25, 0.3) is 0 Å². The van der Waals surface area contributed by atoms with Gasteiger partial charge in [0.15, 0.2) is 19.7 Å². The van der Waals surface area contributed by atoms with Crippen molar-refractivity contribution < 1.29 is 21.6 Å². The predicted octanol–water partition coefficient (Wildman–Crippen LogP) is 4.58. The summed E-state index contributed by atoms with van der Waals surface area (Å²) in [6.07, 6.45) is 5.65. The van der Waals surface area contributed by atoms with Crippen LogP contribution < -0.4 is 10.2 Å². The van der Waals surface area contributed by atoms with Crippen LogP contribution in [0, 0.1) is 0 Å². The van der Waals surface area contributed by atoms with Gasteiger partial charge in [-0.05, 0) is 73.2 Å². The first kappa shape index (κ1) is 28.8. The second-order valence-electron chi connectivity index (χ2n) is 10.4. The molecule has 1 heterocycles. The van der Waals surface area contributed by atoms with Gasteiger partial charge in [0.2, 0.25) is 5.91 Å².